The number of amides is 2. The lowest BCUT2D eigenvalue weighted by Crippen LogP contribution is -2.55. The van der Waals surface area contributed by atoms with E-state index < -0.39 is 35.9 Å². The zero-order valence-electron chi connectivity index (χ0n) is 18.8. The van der Waals surface area contributed by atoms with Gasteiger partial charge in [-0.15, -0.1) is 0 Å². The molecule has 7 nitrogen and oxygen atoms in total. The third-order valence-electron chi connectivity index (χ3n) is 5.45. The zero-order valence-corrected chi connectivity index (χ0v) is 18.8. The Bertz CT molecular complexity index is 1070. The summed E-state index contributed by atoms with van der Waals surface area (Å²) in [5.41, 5.74) is 8.62. The van der Waals surface area contributed by atoms with Crippen molar-refractivity contribution in [2.24, 2.45) is 5.73 Å². The first-order chi connectivity index (χ1) is 16.4. The fourth-order valence-corrected chi connectivity index (χ4v) is 3.62. The van der Waals surface area contributed by atoms with Crippen molar-refractivity contribution in [1.29, 1.82) is 0 Å². The van der Waals surface area contributed by atoms with Crippen molar-refractivity contribution >= 4 is 17.8 Å². The van der Waals surface area contributed by atoms with E-state index >= 15 is 0 Å². The Morgan fingerprint density at radius 3 is 1.44 bits per heavy atom. The average Bonchev–Trinajstić information content (AvgIpc) is 2.85. The second kappa shape index (κ2) is 12.3. The van der Waals surface area contributed by atoms with E-state index in [1.165, 1.54) is 0 Å². The maximum atomic E-state index is 13.1. The van der Waals surface area contributed by atoms with Gasteiger partial charge >= 0.3 is 5.97 Å². The summed E-state index contributed by atoms with van der Waals surface area (Å²) in [5, 5.41) is 15.0. The van der Waals surface area contributed by atoms with Crippen LogP contribution in [0.4, 0.5) is 0 Å². The van der Waals surface area contributed by atoms with E-state index in [1.54, 1.807) is 12.1 Å². The fourth-order valence-electron chi connectivity index (χ4n) is 3.62. The molecule has 3 rings (SSSR count). The summed E-state index contributed by atoms with van der Waals surface area (Å²) < 4.78 is 0. The van der Waals surface area contributed by atoms with E-state index in [2.05, 4.69) is 10.6 Å². The van der Waals surface area contributed by atoms with Gasteiger partial charge in [0.2, 0.25) is 11.8 Å². The Morgan fingerprint density at radius 2 is 1.00 bits per heavy atom. The number of carboxylic acid groups (broad SMARTS) is 1. The SMILES string of the molecule is N[C@@H](Cc1ccccc1)C(=O)N[C@@H](Cc1ccccc1)C(=O)N[C@H](Cc1ccccc1)C(=O)O. The molecule has 2 amide bonds. The number of carboxylic acids is 1. The number of aliphatic carboxylic acids is 1. The average molecular weight is 460 g/mol. The lowest BCUT2D eigenvalue weighted by molar-refractivity contribution is -0.142. The molecule has 0 heterocycles. The van der Waals surface area contributed by atoms with Crippen LogP contribution in [-0.4, -0.2) is 41.0 Å². The van der Waals surface area contributed by atoms with E-state index in [-0.39, 0.29) is 12.8 Å². The van der Waals surface area contributed by atoms with Crippen molar-refractivity contribution in [3.8, 4) is 0 Å². The van der Waals surface area contributed by atoms with Gasteiger partial charge in [-0.05, 0) is 23.1 Å². The van der Waals surface area contributed by atoms with Gasteiger partial charge in [0.1, 0.15) is 12.1 Å². The van der Waals surface area contributed by atoms with Crippen molar-refractivity contribution < 1.29 is 19.5 Å². The van der Waals surface area contributed by atoms with Gasteiger partial charge in [0.05, 0.1) is 6.04 Å². The summed E-state index contributed by atoms with van der Waals surface area (Å²) in [5.74, 6) is -2.20. The highest BCUT2D eigenvalue weighted by Gasteiger charge is 2.28. The highest BCUT2D eigenvalue weighted by Crippen LogP contribution is 2.08. The molecule has 3 atom stereocenters. The number of rotatable bonds is 11. The van der Waals surface area contributed by atoms with Crippen molar-refractivity contribution in [3.63, 3.8) is 0 Å². The van der Waals surface area contributed by atoms with Gasteiger partial charge in [-0.3, -0.25) is 9.59 Å². The predicted molar refractivity (Wildman–Crippen MR) is 130 cm³/mol. The Morgan fingerprint density at radius 1 is 0.618 bits per heavy atom. The second-order valence-corrected chi connectivity index (χ2v) is 8.14. The summed E-state index contributed by atoms with van der Waals surface area (Å²) >= 11 is 0. The van der Waals surface area contributed by atoms with Gasteiger partial charge in [0.25, 0.3) is 0 Å². The molecule has 0 aliphatic heterocycles. The predicted octanol–water partition coefficient (Wildman–Crippen LogP) is 2.10. The van der Waals surface area contributed by atoms with Crippen LogP contribution in [0.1, 0.15) is 16.7 Å². The van der Waals surface area contributed by atoms with E-state index in [0.29, 0.717) is 6.42 Å². The molecule has 0 fully saturated rings. The Hall–Kier alpha value is -3.97. The third kappa shape index (κ3) is 7.56. The number of carbonyl (C=O) groups is 3. The fraction of sp³-hybridized carbons (Fsp3) is 0.222. The van der Waals surface area contributed by atoms with Crippen LogP contribution in [0.15, 0.2) is 91.0 Å². The number of hydrogen-bond acceptors (Lipinski definition) is 4. The molecule has 176 valence electrons. The maximum absolute atomic E-state index is 13.1. The van der Waals surface area contributed by atoms with E-state index in [0.717, 1.165) is 16.7 Å². The minimum absolute atomic E-state index is 0.126. The molecule has 0 bridgehead atoms. The van der Waals surface area contributed by atoms with Crippen LogP contribution in [0.25, 0.3) is 0 Å². The Labute approximate surface area is 199 Å². The number of carbonyl (C=O) groups excluding carboxylic acids is 2. The van der Waals surface area contributed by atoms with Crippen LogP contribution >= 0.6 is 0 Å². The molecular weight excluding hydrogens is 430 g/mol. The summed E-state index contributed by atoms with van der Waals surface area (Å²) in [7, 11) is 0. The lowest BCUT2D eigenvalue weighted by Gasteiger charge is -2.23. The van der Waals surface area contributed by atoms with E-state index in [9.17, 15) is 19.5 Å². The number of benzene rings is 3. The largest absolute Gasteiger partial charge is 0.480 e. The zero-order chi connectivity index (χ0) is 24.3. The van der Waals surface area contributed by atoms with Crippen LogP contribution in [0.5, 0.6) is 0 Å². The van der Waals surface area contributed by atoms with Crippen molar-refractivity contribution in [1.82, 2.24) is 10.6 Å². The monoisotopic (exact) mass is 459 g/mol. The summed E-state index contributed by atoms with van der Waals surface area (Å²) in [6.45, 7) is 0. The van der Waals surface area contributed by atoms with Crippen LogP contribution in [0.3, 0.4) is 0 Å². The molecule has 7 heteroatoms. The van der Waals surface area contributed by atoms with Crippen LogP contribution < -0.4 is 16.4 Å². The molecule has 3 aromatic carbocycles. The first kappa shape index (κ1) is 24.7. The molecule has 34 heavy (non-hydrogen) atoms. The van der Waals surface area contributed by atoms with Crippen molar-refractivity contribution in [2.45, 2.75) is 37.4 Å². The molecule has 0 spiro atoms. The minimum atomic E-state index is -1.15. The minimum Gasteiger partial charge on any atom is -0.480 e. The molecule has 0 saturated carbocycles. The van der Waals surface area contributed by atoms with Gasteiger partial charge in [-0.1, -0.05) is 91.0 Å². The molecule has 0 unspecified atom stereocenters. The first-order valence-corrected chi connectivity index (χ1v) is 11.1. The molecule has 0 saturated heterocycles. The van der Waals surface area contributed by atoms with Crippen LogP contribution in [0, 0.1) is 0 Å². The van der Waals surface area contributed by atoms with Gasteiger partial charge in [0.15, 0.2) is 0 Å². The topological polar surface area (TPSA) is 122 Å². The number of nitrogens with two attached hydrogens (primary N) is 1. The second-order valence-electron chi connectivity index (χ2n) is 8.14. The number of nitrogens with one attached hydrogen (secondary N) is 2. The van der Waals surface area contributed by atoms with E-state index in [4.69, 9.17) is 5.73 Å². The first-order valence-electron chi connectivity index (χ1n) is 11.1. The highest BCUT2D eigenvalue weighted by molar-refractivity contribution is 5.92. The van der Waals surface area contributed by atoms with Crippen LogP contribution in [-0.2, 0) is 33.6 Å². The van der Waals surface area contributed by atoms with Gasteiger partial charge in [0, 0.05) is 12.8 Å². The molecular formula is C27H29N3O4. The molecule has 0 aliphatic rings. The van der Waals surface area contributed by atoms with Gasteiger partial charge < -0.3 is 21.5 Å². The highest BCUT2D eigenvalue weighted by atomic mass is 16.4. The summed E-state index contributed by atoms with van der Waals surface area (Å²) in [6, 6.07) is 24.7. The van der Waals surface area contributed by atoms with Gasteiger partial charge in [-0.2, -0.15) is 0 Å². The standard InChI is InChI=1S/C27H29N3O4/c28-22(16-19-10-4-1-5-11-19)25(31)29-23(17-20-12-6-2-7-13-20)26(32)30-24(27(33)34)18-21-14-8-3-9-15-21/h1-15,22-24H,16-18,28H2,(H,29,31)(H,30,32)(H,33,34)/t22-,23-,24+/m0/s1. The quantitative estimate of drug-likeness (QED) is 0.350. The number of hydrogen-bond donors (Lipinski definition) is 4. The molecule has 0 radical (unpaired) electrons. The summed E-state index contributed by atoms with van der Waals surface area (Å²) in [6.07, 6.45) is 0.647. The maximum Gasteiger partial charge on any atom is 0.326 e. The Balaban J connectivity index is 1.72. The smallest absolute Gasteiger partial charge is 0.326 e. The van der Waals surface area contributed by atoms with E-state index in [1.807, 2.05) is 78.9 Å². The molecule has 0 aromatic heterocycles. The summed E-state index contributed by atoms with van der Waals surface area (Å²) in [4.78, 5) is 37.8. The lowest BCUT2D eigenvalue weighted by atomic mass is 10.0. The van der Waals surface area contributed by atoms with Crippen molar-refractivity contribution in [3.05, 3.63) is 108 Å². The Kier molecular flexibility index (Phi) is 8.94. The molecule has 5 N–H and O–H groups in total. The molecule has 0 aliphatic carbocycles. The third-order valence-corrected chi connectivity index (χ3v) is 5.45. The van der Waals surface area contributed by atoms with Gasteiger partial charge in [-0.25, -0.2) is 4.79 Å². The van der Waals surface area contributed by atoms with Crippen molar-refractivity contribution in [2.75, 3.05) is 0 Å². The van der Waals surface area contributed by atoms with Crippen LogP contribution in [0.2, 0.25) is 0 Å². The molecule has 3 aromatic rings. The normalized spacial score (nSPS) is 13.3.